The minimum atomic E-state index is -0.572. The van der Waals surface area contributed by atoms with Crippen molar-refractivity contribution in [2.75, 3.05) is 5.75 Å². The molecule has 0 unspecified atom stereocenters. The van der Waals surface area contributed by atoms with Crippen LogP contribution in [-0.4, -0.2) is 32.3 Å². The van der Waals surface area contributed by atoms with Crippen molar-refractivity contribution < 1.29 is 9.72 Å². The van der Waals surface area contributed by atoms with Crippen LogP contribution in [0.25, 0.3) is 11.0 Å². The molecular weight excluding hydrogens is 474 g/mol. The summed E-state index contributed by atoms with van der Waals surface area (Å²) >= 11 is 7.13. The third kappa shape index (κ3) is 5.62. The number of nitro benzene ring substituents is 1. The average Bonchev–Trinajstić information content (AvgIpc) is 3.17. The predicted octanol–water partition coefficient (Wildman–Crippen LogP) is 5.20. The summed E-state index contributed by atoms with van der Waals surface area (Å²) in [6, 6.07) is 20.4. The second-order valence-electron chi connectivity index (χ2n) is 7.50. The number of carbonyl (C=O) groups is 1. The van der Waals surface area contributed by atoms with Crippen LogP contribution in [0.4, 0.5) is 5.69 Å². The number of rotatable bonds is 8. The molecular formula is C24H20ClN5O3S. The highest BCUT2D eigenvalue weighted by atomic mass is 35.5. The summed E-state index contributed by atoms with van der Waals surface area (Å²) in [5.74, 6) is -0.214. The average molecular weight is 494 g/mol. The predicted molar refractivity (Wildman–Crippen MR) is 135 cm³/mol. The van der Waals surface area contributed by atoms with Crippen molar-refractivity contribution in [3.8, 4) is 0 Å². The zero-order chi connectivity index (χ0) is 24.1. The van der Waals surface area contributed by atoms with Crippen LogP contribution in [0, 0.1) is 17.0 Å². The summed E-state index contributed by atoms with van der Waals surface area (Å²) in [7, 11) is 0. The van der Waals surface area contributed by atoms with Crippen molar-refractivity contribution in [1.82, 2.24) is 15.0 Å². The Hall–Kier alpha value is -3.69. The molecule has 10 heteroatoms. The van der Waals surface area contributed by atoms with E-state index in [0.717, 1.165) is 21.8 Å². The van der Waals surface area contributed by atoms with Crippen LogP contribution in [0.5, 0.6) is 0 Å². The normalized spacial score (nSPS) is 11.2. The molecule has 1 heterocycles. The van der Waals surface area contributed by atoms with Gasteiger partial charge in [-0.3, -0.25) is 14.9 Å². The van der Waals surface area contributed by atoms with Crippen molar-refractivity contribution in [1.29, 1.82) is 0 Å². The molecule has 0 aliphatic rings. The SMILES string of the molecule is Cc1ccc(Cn2c(SCC(=O)N/N=C\c3ccc(Cl)c([N+](=O)[O-])c3)nc3ccccc32)cc1. The Morgan fingerprint density at radius 1 is 1.21 bits per heavy atom. The highest BCUT2D eigenvalue weighted by Gasteiger charge is 2.14. The van der Waals surface area contributed by atoms with E-state index in [1.165, 1.54) is 35.7 Å². The molecule has 0 bridgehead atoms. The zero-order valence-electron chi connectivity index (χ0n) is 18.1. The number of amides is 1. The monoisotopic (exact) mass is 493 g/mol. The molecule has 0 fully saturated rings. The Kier molecular flexibility index (Phi) is 7.24. The van der Waals surface area contributed by atoms with E-state index in [0.29, 0.717) is 12.1 Å². The number of hydrogen-bond donors (Lipinski definition) is 1. The lowest BCUT2D eigenvalue weighted by molar-refractivity contribution is -0.384. The number of hydrazone groups is 1. The van der Waals surface area contributed by atoms with E-state index in [1.807, 2.05) is 31.2 Å². The third-order valence-corrected chi connectivity index (χ3v) is 6.28. The van der Waals surface area contributed by atoms with Gasteiger partial charge in [0.05, 0.1) is 34.5 Å². The maximum absolute atomic E-state index is 12.3. The maximum atomic E-state index is 12.3. The number of fused-ring (bicyclic) bond motifs is 1. The van der Waals surface area contributed by atoms with Crippen LogP contribution in [0.2, 0.25) is 5.02 Å². The molecule has 172 valence electrons. The molecule has 0 radical (unpaired) electrons. The van der Waals surface area contributed by atoms with Gasteiger partial charge in [-0.2, -0.15) is 5.10 Å². The minimum Gasteiger partial charge on any atom is -0.314 e. The molecule has 8 nitrogen and oxygen atoms in total. The number of carbonyl (C=O) groups excluding carboxylic acids is 1. The topological polar surface area (TPSA) is 102 Å². The Labute approximate surface area is 204 Å². The van der Waals surface area contributed by atoms with Crippen LogP contribution >= 0.6 is 23.4 Å². The number of benzene rings is 3. The molecule has 3 aromatic carbocycles. The number of imidazole rings is 1. The number of nitro groups is 1. The fourth-order valence-electron chi connectivity index (χ4n) is 3.28. The van der Waals surface area contributed by atoms with Gasteiger partial charge in [0, 0.05) is 11.6 Å². The maximum Gasteiger partial charge on any atom is 0.288 e. The van der Waals surface area contributed by atoms with Gasteiger partial charge in [-0.15, -0.1) is 0 Å². The summed E-state index contributed by atoms with van der Waals surface area (Å²) < 4.78 is 2.09. The molecule has 0 atom stereocenters. The molecule has 0 spiro atoms. The van der Waals surface area contributed by atoms with Gasteiger partial charge in [0.25, 0.3) is 11.6 Å². The largest absolute Gasteiger partial charge is 0.314 e. The third-order valence-electron chi connectivity index (χ3n) is 4.98. The first-order chi connectivity index (χ1) is 16.4. The van der Waals surface area contributed by atoms with Gasteiger partial charge >= 0.3 is 0 Å². The van der Waals surface area contributed by atoms with Gasteiger partial charge in [-0.05, 0) is 30.7 Å². The standard InChI is InChI=1S/C24H20ClN5O3S/c1-16-6-8-17(9-7-16)14-29-21-5-3-2-4-20(21)27-24(29)34-15-23(31)28-26-13-18-10-11-19(25)22(12-18)30(32)33/h2-13H,14-15H2,1H3,(H,28,31)/b26-13-. The Balaban J connectivity index is 1.43. The molecule has 4 aromatic rings. The Bertz CT molecular complexity index is 1390. The fourth-order valence-corrected chi connectivity index (χ4v) is 4.28. The molecule has 34 heavy (non-hydrogen) atoms. The fraction of sp³-hybridized carbons (Fsp3) is 0.125. The van der Waals surface area contributed by atoms with Crippen molar-refractivity contribution in [3.05, 3.63) is 98.6 Å². The van der Waals surface area contributed by atoms with Crippen molar-refractivity contribution >= 4 is 52.2 Å². The van der Waals surface area contributed by atoms with E-state index in [2.05, 4.69) is 39.4 Å². The van der Waals surface area contributed by atoms with Crippen molar-refractivity contribution in [2.24, 2.45) is 5.10 Å². The highest BCUT2D eigenvalue weighted by molar-refractivity contribution is 7.99. The summed E-state index contributed by atoms with van der Waals surface area (Å²) in [6.45, 7) is 2.69. The molecule has 4 rings (SSSR count). The van der Waals surface area contributed by atoms with Gasteiger partial charge in [-0.1, -0.05) is 71.4 Å². The molecule has 1 N–H and O–H groups in total. The summed E-state index contributed by atoms with van der Waals surface area (Å²) in [4.78, 5) is 27.5. The molecule has 0 saturated carbocycles. The number of nitrogens with zero attached hydrogens (tertiary/aromatic N) is 4. The lowest BCUT2D eigenvalue weighted by Crippen LogP contribution is -2.20. The number of thioether (sulfide) groups is 1. The van der Waals surface area contributed by atoms with Crippen LogP contribution in [0.15, 0.2) is 77.0 Å². The number of nitrogens with one attached hydrogen (secondary N) is 1. The van der Waals surface area contributed by atoms with Crippen LogP contribution in [0.3, 0.4) is 0 Å². The summed E-state index contributed by atoms with van der Waals surface area (Å²) in [5, 5.41) is 15.7. The quantitative estimate of drug-likeness (QED) is 0.157. The Morgan fingerprint density at radius 3 is 2.74 bits per heavy atom. The number of para-hydroxylation sites is 2. The second kappa shape index (κ2) is 10.5. The Morgan fingerprint density at radius 2 is 1.97 bits per heavy atom. The summed E-state index contributed by atoms with van der Waals surface area (Å²) in [6.07, 6.45) is 1.33. The minimum absolute atomic E-state index is 0.0381. The second-order valence-corrected chi connectivity index (χ2v) is 8.85. The van der Waals surface area contributed by atoms with Gasteiger partial charge < -0.3 is 4.57 Å². The lowest BCUT2D eigenvalue weighted by Gasteiger charge is -2.09. The van der Waals surface area contributed by atoms with Crippen LogP contribution < -0.4 is 5.43 Å². The van der Waals surface area contributed by atoms with Gasteiger partial charge in [-0.25, -0.2) is 10.4 Å². The van der Waals surface area contributed by atoms with Gasteiger partial charge in [0.15, 0.2) is 5.16 Å². The van der Waals surface area contributed by atoms with Crippen LogP contribution in [0.1, 0.15) is 16.7 Å². The van der Waals surface area contributed by atoms with E-state index < -0.39 is 4.92 Å². The first-order valence-electron chi connectivity index (χ1n) is 10.3. The molecule has 0 aliphatic heterocycles. The molecule has 0 aliphatic carbocycles. The van der Waals surface area contributed by atoms with E-state index in [-0.39, 0.29) is 22.4 Å². The molecule has 1 amide bonds. The summed E-state index contributed by atoms with van der Waals surface area (Å²) in [5.41, 5.74) is 6.86. The highest BCUT2D eigenvalue weighted by Crippen LogP contribution is 2.26. The number of halogens is 1. The van der Waals surface area contributed by atoms with Crippen molar-refractivity contribution in [2.45, 2.75) is 18.6 Å². The van der Waals surface area contributed by atoms with E-state index in [4.69, 9.17) is 16.6 Å². The van der Waals surface area contributed by atoms with Gasteiger partial charge in [0.2, 0.25) is 0 Å². The van der Waals surface area contributed by atoms with Crippen LogP contribution in [-0.2, 0) is 11.3 Å². The van der Waals surface area contributed by atoms with E-state index >= 15 is 0 Å². The first-order valence-corrected chi connectivity index (χ1v) is 11.7. The number of aryl methyl sites for hydroxylation is 1. The number of hydrogen-bond acceptors (Lipinski definition) is 6. The van der Waals surface area contributed by atoms with Gasteiger partial charge in [0.1, 0.15) is 5.02 Å². The smallest absolute Gasteiger partial charge is 0.288 e. The lowest BCUT2D eigenvalue weighted by atomic mass is 10.1. The molecule has 0 saturated heterocycles. The van der Waals surface area contributed by atoms with E-state index in [1.54, 1.807) is 6.07 Å². The zero-order valence-corrected chi connectivity index (χ0v) is 19.7. The first kappa shape index (κ1) is 23.5. The molecule has 1 aromatic heterocycles. The van der Waals surface area contributed by atoms with Crippen molar-refractivity contribution in [3.63, 3.8) is 0 Å². The number of aromatic nitrogens is 2. The van der Waals surface area contributed by atoms with E-state index in [9.17, 15) is 14.9 Å².